The number of Topliss-reactive ketones (excluding diaryl/α,β-unsaturated/α-hetero) is 1. The average Bonchev–Trinajstić information content (AvgIpc) is 2.34. The predicted molar refractivity (Wildman–Crippen MR) is 71.2 cm³/mol. The minimum atomic E-state index is -0.226. The standard InChI is InChI=1S/C15H20FNO/c1-11-7-8-15(18)12(9-11)10-17(2)14-6-4-3-5-13(14)16/h3-6,11-12H,7-10H2,1-2H3. The quantitative estimate of drug-likeness (QED) is 0.819. The first kappa shape index (κ1) is 13.1. The number of carbonyl (C=O) groups is 1. The molecule has 1 saturated carbocycles. The second-order valence-corrected chi connectivity index (χ2v) is 5.37. The van der Waals surface area contributed by atoms with Crippen LogP contribution in [0.1, 0.15) is 26.2 Å². The minimum Gasteiger partial charge on any atom is -0.372 e. The molecule has 0 radical (unpaired) electrons. The van der Waals surface area contributed by atoms with Crippen molar-refractivity contribution in [3.05, 3.63) is 30.1 Å². The summed E-state index contributed by atoms with van der Waals surface area (Å²) in [5.41, 5.74) is 0.573. The van der Waals surface area contributed by atoms with Gasteiger partial charge in [0.15, 0.2) is 0 Å². The number of para-hydroxylation sites is 1. The van der Waals surface area contributed by atoms with Crippen molar-refractivity contribution in [2.75, 3.05) is 18.5 Å². The van der Waals surface area contributed by atoms with Gasteiger partial charge in [0.1, 0.15) is 11.6 Å². The topological polar surface area (TPSA) is 20.3 Å². The minimum absolute atomic E-state index is 0.0540. The van der Waals surface area contributed by atoms with Crippen molar-refractivity contribution in [1.29, 1.82) is 0 Å². The van der Waals surface area contributed by atoms with Gasteiger partial charge < -0.3 is 4.90 Å². The molecule has 0 N–H and O–H groups in total. The first-order valence-electron chi connectivity index (χ1n) is 6.56. The molecule has 0 amide bonds. The van der Waals surface area contributed by atoms with Gasteiger partial charge in [-0.25, -0.2) is 4.39 Å². The lowest BCUT2D eigenvalue weighted by Crippen LogP contribution is -2.34. The molecule has 1 fully saturated rings. The van der Waals surface area contributed by atoms with Crippen molar-refractivity contribution in [2.24, 2.45) is 11.8 Å². The number of carbonyl (C=O) groups excluding carboxylic acids is 1. The van der Waals surface area contributed by atoms with Gasteiger partial charge in [0.05, 0.1) is 5.69 Å². The van der Waals surface area contributed by atoms with Crippen LogP contribution in [-0.2, 0) is 4.79 Å². The Morgan fingerprint density at radius 2 is 2.11 bits per heavy atom. The van der Waals surface area contributed by atoms with Gasteiger partial charge >= 0.3 is 0 Å². The summed E-state index contributed by atoms with van der Waals surface area (Å²) >= 11 is 0. The summed E-state index contributed by atoms with van der Waals surface area (Å²) in [6, 6.07) is 6.71. The second kappa shape index (κ2) is 5.51. The van der Waals surface area contributed by atoms with Crippen LogP contribution in [0.3, 0.4) is 0 Å². The molecule has 0 aromatic heterocycles. The molecule has 1 aromatic carbocycles. The van der Waals surface area contributed by atoms with Crippen LogP contribution in [-0.4, -0.2) is 19.4 Å². The molecule has 0 spiro atoms. The predicted octanol–water partition coefficient (Wildman–Crippen LogP) is 3.27. The van der Waals surface area contributed by atoms with E-state index in [0.717, 1.165) is 12.8 Å². The van der Waals surface area contributed by atoms with Crippen LogP contribution in [0.4, 0.5) is 10.1 Å². The summed E-state index contributed by atoms with van der Waals surface area (Å²) in [5, 5.41) is 0. The lowest BCUT2D eigenvalue weighted by atomic mass is 9.81. The number of halogens is 1. The normalized spacial score (nSPS) is 24.1. The highest BCUT2D eigenvalue weighted by Crippen LogP contribution is 2.28. The molecule has 3 heteroatoms. The van der Waals surface area contributed by atoms with Crippen LogP contribution in [0.25, 0.3) is 0 Å². The zero-order valence-electron chi connectivity index (χ0n) is 11.0. The van der Waals surface area contributed by atoms with Gasteiger partial charge in [0.25, 0.3) is 0 Å². The molecule has 0 bridgehead atoms. The number of anilines is 1. The molecule has 0 aliphatic heterocycles. The molecule has 98 valence electrons. The lowest BCUT2D eigenvalue weighted by molar-refractivity contribution is -0.125. The fourth-order valence-corrected chi connectivity index (χ4v) is 2.69. The number of benzene rings is 1. The summed E-state index contributed by atoms with van der Waals surface area (Å²) < 4.78 is 13.6. The molecule has 2 rings (SSSR count). The van der Waals surface area contributed by atoms with E-state index in [2.05, 4.69) is 6.92 Å². The van der Waals surface area contributed by atoms with Crippen molar-refractivity contribution in [3.63, 3.8) is 0 Å². The van der Waals surface area contributed by atoms with Crippen molar-refractivity contribution in [1.82, 2.24) is 0 Å². The highest BCUT2D eigenvalue weighted by atomic mass is 19.1. The van der Waals surface area contributed by atoms with E-state index in [1.54, 1.807) is 12.1 Å². The Balaban J connectivity index is 2.05. The Hall–Kier alpha value is -1.38. The highest BCUT2D eigenvalue weighted by Gasteiger charge is 2.27. The zero-order chi connectivity index (χ0) is 13.1. The van der Waals surface area contributed by atoms with Crippen LogP contribution >= 0.6 is 0 Å². The van der Waals surface area contributed by atoms with Gasteiger partial charge in [0, 0.05) is 25.9 Å². The lowest BCUT2D eigenvalue weighted by Gasteiger charge is -2.30. The first-order chi connectivity index (χ1) is 8.58. The molecule has 0 heterocycles. The van der Waals surface area contributed by atoms with Crippen LogP contribution in [0.15, 0.2) is 24.3 Å². The summed E-state index contributed by atoms with van der Waals surface area (Å²) in [6.45, 7) is 2.80. The number of rotatable bonds is 3. The Morgan fingerprint density at radius 1 is 1.39 bits per heavy atom. The van der Waals surface area contributed by atoms with Gasteiger partial charge in [0.2, 0.25) is 0 Å². The molecule has 1 aromatic rings. The summed E-state index contributed by atoms with van der Waals surface area (Å²) in [7, 11) is 1.85. The number of ketones is 1. The zero-order valence-corrected chi connectivity index (χ0v) is 11.0. The molecule has 0 saturated heterocycles. The van der Waals surface area contributed by atoms with E-state index in [9.17, 15) is 9.18 Å². The number of hydrogen-bond donors (Lipinski definition) is 0. The van der Waals surface area contributed by atoms with E-state index in [1.807, 2.05) is 18.0 Å². The van der Waals surface area contributed by atoms with Crippen molar-refractivity contribution in [2.45, 2.75) is 26.2 Å². The maximum atomic E-state index is 13.6. The highest BCUT2D eigenvalue weighted by molar-refractivity contribution is 5.82. The fourth-order valence-electron chi connectivity index (χ4n) is 2.69. The number of hydrogen-bond acceptors (Lipinski definition) is 2. The van der Waals surface area contributed by atoms with Crippen LogP contribution in [0.5, 0.6) is 0 Å². The Labute approximate surface area is 108 Å². The Bertz CT molecular complexity index is 432. The molecule has 2 nitrogen and oxygen atoms in total. The maximum Gasteiger partial charge on any atom is 0.146 e. The van der Waals surface area contributed by atoms with E-state index >= 15 is 0 Å². The van der Waals surface area contributed by atoms with Gasteiger partial charge in [-0.3, -0.25) is 4.79 Å². The summed E-state index contributed by atoms with van der Waals surface area (Å²) in [5.74, 6) is 0.757. The molecule has 2 atom stereocenters. The van der Waals surface area contributed by atoms with Crippen molar-refractivity contribution >= 4 is 11.5 Å². The van der Waals surface area contributed by atoms with Crippen molar-refractivity contribution in [3.8, 4) is 0 Å². The van der Waals surface area contributed by atoms with Crippen LogP contribution in [0, 0.1) is 17.7 Å². The maximum absolute atomic E-state index is 13.6. The molecular formula is C15H20FNO. The third kappa shape index (κ3) is 2.89. The monoisotopic (exact) mass is 249 g/mol. The van der Waals surface area contributed by atoms with Gasteiger partial charge in [-0.1, -0.05) is 19.1 Å². The van der Waals surface area contributed by atoms with Gasteiger partial charge in [-0.2, -0.15) is 0 Å². The van der Waals surface area contributed by atoms with Crippen LogP contribution < -0.4 is 4.90 Å². The molecule has 2 unspecified atom stereocenters. The molecule has 1 aliphatic carbocycles. The fraction of sp³-hybridized carbons (Fsp3) is 0.533. The smallest absolute Gasteiger partial charge is 0.146 e. The molecule has 18 heavy (non-hydrogen) atoms. The SMILES string of the molecule is CC1CCC(=O)C(CN(C)c2ccccc2F)C1. The van der Waals surface area contributed by atoms with E-state index in [0.29, 0.717) is 30.4 Å². The van der Waals surface area contributed by atoms with E-state index in [4.69, 9.17) is 0 Å². The Morgan fingerprint density at radius 3 is 2.83 bits per heavy atom. The third-order valence-electron chi connectivity index (χ3n) is 3.78. The largest absolute Gasteiger partial charge is 0.372 e. The first-order valence-corrected chi connectivity index (χ1v) is 6.56. The van der Waals surface area contributed by atoms with Gasteiger partial charge in [-0.15, -0.1) is 0 Å². The Kier molecular flexibility index (Phi) is 4.00. The summed E-state index contributed by atoms with van der Waals surface area (Å²) in [4.78, 5) is 13.7. The molecule has 1 aliphatic rings. The van der Waals surface area contributed by atoms with Gasteiger partial charge in [-0.05, 0) is 30.9 Å². The second-order valence-electron chi connectivity index (χ2n) is 5.37. The average molecular weight is 249 g/mol. The van der Waals surface area contributed by atoms with E-state index in [-0.39, 0.29) is 11.7 Å². The van der Waals surface area contributed by atoms with Crippen molar-refractivity contribution < 1.29 is 9.18 Å². The van der Waals surface area contributed by atoms with E-state index < -0.39 is 0 Å². The van der Waals surface area contributed by atoms with Crippen LogP contribution in [0.2, 0.25) is 0 Å². The third-order valence-corrected chi connectivity index (χ3v) is 3.78. The number of nitrogens with zero attached hydrogens (tertiary/aromatic N) is 1. The van der Waals surface area contributed by atoms with E-state index in [1.165, 1.54) is 6.07 Å². The summed E-state index contributed by atoms with van der Waals surface area (Å²) in [6.07, 6.45) is 2.60. The molecular weight excluding hydrogens is 229 g/mol.